The van der Waals surface area contributed by atoms with E-state index >= 15 is 0 Å². The molecule has 128 valence electrons. The van der Waals surface area contributed by atoms with Crippen molar-refractivity contribution in [1.82, 2.24) is 10.2 Å². The summed E-state index contributed by atoms with van der Waals surface area (Å²) in [5, 5.41) is 6.55. The molecule has 0 spiro atoms. The Labute approximate surface area is 147 Å². The molecule has 1 aromatic carbocycles. The summed E-state index contributed by atoms with van der Waals surface area (Å²) >= 11 is 11.9. The number of nitrogens with zero attached hydrogens (tertiary/aromatic N) is 1. The quantitative estimate of drug-likeness (QED) is 0.749. The third-order valence-electron chi connectivity index (χ3n) is 3.28. The first kappa shape index (κ1) is 19.7. The average molecular weight is 360 g/mol. The Morgan fingerprint density at radius 1 is 1.30 bits per heavy atom. The molecule has 0 aliphatic heterocycles. The van der Waals surface area contributed by atoms with Gasteiger partial charge in [-0.3, -0.25) is 9.59 Å². The molecular weight excluding hydrogens is 337 g/mol. The lowest BCUT2D eigenvalue weighted by Gasteiger charge is -2.25. The van der Waals surface area contributed by atoms with Crippen LogP contribution in [0, 0.1) is 5.92 Å². The largest absolute Gasteiger partial charge is 0.333 e. The zero-order chi connectivity index (χ0) is 17.4. The minimum absolute atomic E-state index is 0.000315. The Bertz CT molecular complexity index is 552. The summed E-state index contributed by atoms with van der Waals surface area (Å²) in [4.78, 5) is 26.2. The fourth-order valence-corrected chi connectivity index (χ4v) is 2.65. The molecule has 0 aliphatic rings. The van der Waals surface area contributed by atoms with E-state index in [2.05, 4.69) is 10.6 Å². The van der Waals surface area contributed by atoms with Crippen LogP contribution in [0.5, 0.6) is 0 Å². The summed E-state index contributed by atoms with van der Waals surface area (Å²) in [6.07, 6.45) is 0.785. The van der Waals surface area contributed by atoms with Crippen molar-refractivity contribution >= 4 is 40.7 Å². The number of anilines is 1. The second kappa shape index (κ2) is 9.75. The van der Waals surface area contributed by atoms with Crippen molar-refractivity contribution in [2.45, 2.75) is 20.3 Å². The third-order valence-corrected chi connectivity index (χ3v) is 3.82. The van der Waals surface area contributed by atoms with Gasteiger partial charge >= 0.3 is 0 Å². The van der Waals surface area contributed by atoms with Crippen molar-refractivity contribution in [2.75, 3.05) is 32.0 Å². The predicted octanol–water partition coefficient (Wildman–Crippen LogP) is 3.03. The first-order chi connectivity index (χ1) is 10.9. The van der Waals surface area contributed by atoms with E-state index in [-0.39, 0.29) is 24.3 Å². The van der Waals surface area contributed by atoms with Gasteiger partial charge in [0.1, 0.15) is 0 Å². The SMILES string of the molecule is CCCN(CC(=O)Nc1ccc(Cl)cc1Cl)C(=O)C(C)CNC. The third kappa shape index (κ3) is 6.37. The molecule has 7 heteroatoms. The van der Waals surface area contributed by atoms with Gasteiger partial charge in [0.05, 0.1) is 17.3 Å². The van der Waals surface area contributed by atoms with Crippen LogP contribution in [0.3, 0.4) is 0 Å². The standard InChI is InChI=1S/C16H23Cl2N3O2/c1-4-7-21(16(23)11(2)9-19-3)10-15(22)20-14-6-5-12(17)8-13(14)18/h5-6,8,11,19H,4,7,9-10H2,1-3H3,(H,20,22). The summed E-state index contributed by atoms with van der Waals surface area (Å²) < 4.78 is 0. The maximum atomic E-state index is 12.4. The first-order valence-corrected chi connectivity index (χ1v) is 8.32. The van der Waals surface area contributed by atoms with Crippen molar-refractivity contribution in [1.29, 1.82) is 0 Å². The zero-order valence-corrected chi connectivity index (χ0v) is 15.2. The summed E-state index contributed by atoms with van der Waals surface area (Å²) in [7, 11) is 1.79. The molecule has 0 heterocycles. The summed E-state index contributed by atoms with van der Waals surface area (Å²) in [5.41, 5.74) is 0.480. The topological polar surface area (TPSA) is 61.4 Å². The molecule has 0 radical (unpaired) electrons. The molecule has 5 nitrogen and oxygen atoms in total. The minimum Gasteiger partial charge on any atom is -0.333 e. The van der Waals surface area contributed by atoms with E-state index in [0.29, 0.717) is 28.8 Å². The van der Waals surface area contributed by atoms with Crippen molar-refractivity contribution in [3.8, 4) is 0 Å². The van der Waals surface area contributed by atoms with Crippen LogP contribution < -0.4 is 10.6 Å². The van der Waals surface area contributed by atoms with Crippen LogP contribution in [0.15, 0.2) is 18.2 Å². The van der Waals surface area contributed by atoms with E-state index in [1.807, 2.05) is 13.8 Å². The second-order valence-electron chi connectivity index (χ2n) is 5.39. The Balaban J connectivity index is 2.72. The Hall–Kier alpha value is -1.30. The van der Waals surface area contributed by atoms with Gasteiger partial charge in [0.25, 0.3) is 0 Å². The van der Waals surface area contributed by atoms with Gasteiger partial charge in [0.15, 0.2) is 0 Å². The Kier molecular flexibility index (Phi) is 8.37. The smallest absolute Gasteiger partial charge is 0.244 e. The molecule has 0 bridgehead atoms. The maximum absolute atomic E-state index is 12.4. The lowest BCUT2D eigenvalue weighted by molar-refractivity contribution is -0.137. The Morgan fingerprint density at radius 3 is 2.57 bits per heavy atom. The van der Waals surface area contributed by atoms with Crippen LogP contribution in [0.1, 0.15) is 20.3 Å². The summed E-state index contributed by atoms with van der Waals surface area (Å²) in [5.74, 6) is -0.510. The number of amides is 2. The van der Waals surface area contributed by atoms with Crippen molar-refractivity contribution < 1.29 is 9.59 Å². The molecule has 23 heavy (non-hydrogen) atoms. The average Bonchev–Trinajstić information content (AvgIpc) is 2.49. The monoisotopic (exact) mass is 359 g/mol. The number of carbonyl (C=O) groups is 2. The molecule has 0 fully saturated rings. The van der Waals surface area contributed by atoms with Crippen molar-refractivity contribution in [3.05, 3.63) is 28.2 Å². The van der Waals surface area contributed by atoms with E-state index in [1.54, 1.807) is 30.1 Å². The highest BCUT2D eigenvalue weighted by atomic mass is 35.5. The highest BCUT2D eigenvalue weighted by molar-refractivity contribution is 6.36. The lowest BCUT2D eigenvalue weighted by atomic mass is 10.1. The molecular formula is C16H23Cl2N3O2. The van der Waals surface area contributed by atoms with E-state index in [4.69, 9.17) is 23.2 Å². The number of benzene rings is 1. The predicted molar refractivity (Wildman–Crippen MR) is 95.1 cm³/mol. The number of carbonyl (C=O) groups excluding carboxylic acids is 2. The number of hydrogen-bond donors (Lipinski definition) is 2. The van der Waals surface area contributed by atoms with Crippen LogP contribution >= 0.6 is 23.2 Å². The lowest BCUT2D eigenvalue weighted by Crippen LogP contribution is -2.43. The Morgan fingerprint density at radius 2 is 2.00 bits per heavy atom. The van der Waals surface area contributed by atoms with Gasteiger partial charge in [-0.05, 0) is 31.7 Å². The van der Waals surface area contributed by atoms with Gasteiger partial charge in [-0.25, -0.2) is 0 Å². The van der Waals surface area contributed by atoms with Crippen LogP contribution in [-0.2, 0) is 9.59 Å². The maximum Gasteiger partial charge on any atom is 0.244 e. The number of nitrogens with one attached hydrogen (secondary N) is 2. The van der Waals surface area contributed by atoms with Gasteiger partial charge < -0.3 is 15.5 Å². The van der Waals surface area contributed by atoms with Crippen LogP contribution in [0.4, 0.5) is 5.69 Å². The van der Waals surface area contributed by atoms with Gasteiger partial charge in [0, 0.05) is 24.0 Å². The van der Waals surface area contributed by atoms with Gasteiger partial charge in [-0.1, -0.05) is 37.0 Å². The van der Waals surface area contributed by atoms with Gasteiger partial charge in [-0.15, -0.1) is 0 Å². The summed E-state index contributed by atoms with van der Waals surface area (Å²) in [6, 6.07) is 4.84. The van der Waals surface area contributed by atoms with Gasteiger partial charge in [0.2, 0.25) is 11.8 Å². The molecule has 0 aromatic heterocycles. The molecule has 1 rings (SSSR count). The molecule has 2 amide bonds. The normalized spacial score (nSPS) is 11.9. The molecule has 2 N–H and O–H groups in total. The second-order valence-corrected chi connectivity index (χ2v) is 6.23. The van der Waals surface area contributed by atoms with Crippen molar-refractivity contribution in [2.24, 2.45) is 5.92 Å². The molecule has 0 aliphatic carbocycles. The zero-order valence-electron chi connectivity index (χ0n) is 13.7. The van der Waals surface area contributed by atoms with E-state index < -0.39 is 0 Å². The number of hydrogen-bond acceptors (Lipinski definition) is 3. The van der Waals surface area contributed by atoms with Crippen molar-refractivity contribution in [3.63, 3.8) is 0 Å². The van der Waals surface area contributed by atoms with E-state index in [1.165, 1.54) is 0 Å². The van der Waals surface area contributed by atoms with Crippen LogP contribution in [0.2, 0.25) is 10.0 Å². The van der Waals surface area contributed by atoms with Gasteiger partial charge in [-0.2, -0.15) is 0 Å². The number of halogens is 2. The molecule has 1 aromatic rings. The fraction of sp³-hybridized carbons (Fsp3) is 0.500. The number of rotatable bonds is 8. The van der Waals surface area contributed by atoms with E-state index in [9.17, 15) is 9.59 Å². The molecule has 0 saturated carbocycles. The first-order valence-electron chi connectivity index (χ1n) is 7.57. The fourth-order valence-electron chi connectivity index (χ4n) is 2.20. The highest BCUT2D eigenvalue weighted by Crippen LogP contribution is 2.25. The molecule has 1 atom stereocenters. The highest BCUT2D eigenvalue weighted by Gasteiger charge is 2.21. The van der Waals surface area contributed by atoms with Crippen LogP contribution in [-0.4, -0.2) is 43.4 Å². The van der Waals surface area contributed by atoms with Crippen LogP contribution in [0.25, 0.3) is 0 Å². The summed E-state index contributed by atoms with van der Waals surface area (Å²) in [6.45, 7) is 4.92. The molecule has 0 saturated heterocycles. The molecule has 1 unspecified atom stereocenters. The van der Waals surface area contributed by atoms with E-state index in [0.717, 1.165) is 6.42 Å². The minimum atomic E-state index is -0.285.